The lowest BCUT2D eigenvalue weighted by Crippen LogP contribution is -2.51. The van der Waals surface area contributed by atoms with Gasteiger partial charge in [0.15, 0.2) is 0 Å². The normalized spacial score (nSPS) is 16.6. The molecule has 2 fully saturated rings. The Bertz CT molecular complexity index is 1120. The van der Waals surface area contributed by atoms with Crippen LogP contribution in [0.3, 0.4) is 0 Å². The first-order valence-corrected chi connectivity index (χ1v) is 12.1. The second kappa shape index (κ2) is 9.78. The Morgan fingerprint density at radius 1 is 0.882 bits per heavy atom. The summed E-state index contributed by atoms with van der Waals surface area (Å²) in [4.78, 5) is 29.4. The lowest BCUT2D eigenvalue weighted by molar-refractivity contribution is 0.0951. The van der Waals surface area contributed by atoms with Gasteiger partial charge in [-0.25, -0.2) is 4.79 Å². The maximum atomic E-state index is 13.0. The van der Waals surface area contributed by atoms with E-state index in [-0.39, 0.29) is 24.0 Å². The molecule has 1 saturated carbocycles. The lowest BCUT2D eigenvalue weighted by Gasteiger charge is -2.39. The number of carbonyl (C=O) groups is 2. The number of halogens is 2. The largest absolute Gasteiger partial charge is 0.349 e. The molecule has 2 aromatic carbocycles. The second-order valence-corrected chi connectivity index (χ2v) is 9.61. The van der Waals surface area contributed by atoms with Gasteiger partial charge in [0.1, 0.15) is 0 Å². The van der Waals surface area contributed by atoms with Crippen LogP contribution in [0, 0.1) is 0 Å². The van der Waals surface area contributed by atoms with Crippen LogP contribution in [0.25, 0.3) is 0 Å². The van der Waals surface area contributed by atoms with Crippen LogP contribution in [0.4, 0.5) is 4.79 Å². The number of hydrogen-bond acceptors (Lipinski definition) is 4. The average molecular weight is 498 g/mol. The van der Waals surface area contributed by atoms with E-state index in [0.717, 1.165) is 24.0 Å². The Labute approximate surface area is 208 Å². The van der Waals surface area contributed by atoms with Gasteiger partial charge >= 0.3 is 6.03 Å². The number of nitrogens with zero attached hydrogens (tertiary/aromatic N) is 4. The van der Waals surface area contributed by atoms with Crippen molar-refractivity contribution < 1.29 is 9.59 Å². The molecular formula is C25H25Cl2N5O2. The molecule has 1 saturated heterocycles. The molecule has 2 aliphatic rings. The van der Waals surface area contributed by atoms with Crippen molar-refractivity contribution in [1.82, 2.24) is 24.9 Å². The zero-order valence-electron chi connectivity index (χ0n) is 18.5. The van der Waals surface area contributed by atoms with E-state index in [4.69, 9.17) is 23.2 Å². The third-order valence-electron chi connectivity index (χ3n) is 6.27. The minimum Gasteiger partial charge on any atom is -0.349 e. The van der Waals surface area contributed by atoms with Crippen molar-refractivity contribution in [2.75, 3.05) is 26.2 Å². The Morgan fingerprint density at radius 3 is 1.97 bits per heavy atom. The van der Waals surface area contributed by atoms with Crippen molar-refractivity contribution in [3.8, 4) is 0 Å². The van der Waals surface area contributed by atoms with E-state index >= 15 is 0 Å². The van der Waals surface area contributed by atoms with Crippen LogP contribution in [0.2, 0.25) is 10.0 Å². The molecule has 0 atom stereocenters. The van der Waals surface area contributed by atoms with E-state index in [1.54, 1.807) is 4.90 Å². The van der Waals surface area contributed by atoms with Gasteiger partial charge in [-0.05, 0) is 48.2 Å². The van der Waals surface area contributed by atoms with E-state index in [1.807, 2.05) is 48.5 Å². The summed E-state index contributed by atoms with van der Waals surface area (Å²) in [6, 6.07) is 15.8. The highest BCUT2D eigenvalue weighted by atomic mass is 35.5. The minimum atomic E-state index is -0.223. The number of aromatic nitrogens is 2. The number of amides is 2. The van der Waals surface area contributed by atoms with Crippen LogP contribution in [0.15, 0.2) is 60.9 Å². The molecule has 0 spiro atoms. The summed E-state index contributed by atoms with van der Waals surface area (Å²) < 4.78 is 1.26. The fourth-order valence-electron chi connectivity index (χ4n) is 4.26. The number of nitrogens with one attached hydrogen (secondary N) is 1. The average Bonchev–Trinajstić information content (AvgIpc) is 3.52. The number of hydrogen-bond donors (Lipinski definition) is 1. The highest BCUT2D eigenvalue weighted by molar-refractivity contribution is 6.30. The van der Waals surface area contributed by atoms with E-state index in [0.29, 0.717) is 41.8 Å². The zero-order valence-corrected chi connectivity index (χ0v) is 20.0. The lowest BCUT2D eigenvalue weighted by atomic mass is 9.96. The molecule has 2 heterocycles. The van der Waals surface area contributed by atoms with Gasteiger partial charge in [0.2, 0.25) is 0 Å². The van der Waals surface area contributed by atoms with Gasteiger partial charge in [-0.1, -0.05) is 47.5 Å². The highest BCUT2D eigenvalue weighted by Gasteiger charge is 2.30. The third kappa shape index (κ3) is 5.12. The van der Waals surface area contributed by atoms with Crippen LogP contribution >= 0.6 is 23.2 Å². The molecule has 2 amide bonds. The van der Waals surface area contributed by atoms with Gasteiger partial charge in [0.25, 0.3) is 5.91 Å². The molecule has 1 N–H and O–H groups in total. The third-order valence-corrected chi connectivity index (χ3v) is 6.78. The smallest absolute Gasteiger partial charge is 0.344 e. The quantitative estimate of drug-likeness (QED) is 0.564. The fourth-order valence-corrected chi connectivity index (χ4v) is 4.51. The van der Waals surface area contributed by atoms with Crippen molar-refractivity contribution in [3.63, 3.8) is 0 Å². The summed E-state index contributed by atoms with van der Waals surface area (Å²) in [5.74, 6) is -0.180. The van der Waals surface area contributed by atoms with Crippen molar-refractivity contribution in [1.29, 1.82) is 0 Å². The molecule has 5 rings (SSSR count). The summed E-state index contributed by atoms with van der Waals surface area (Å²) in [6.45, 7) is 2.50. The van der Waals surface area contributed by atoms with E-state index < -0.39 is 0 Å². The van der Waals surface area contributed by atoms with Crippen LogP contribution in [-0.2, 0) is 0 Å². The van der Waals surface area contributed by atoms with E-state index in [9.17, 15) is 9.59 Å². The minimum absolute atomic E-state index is 0.0224. The summed E-state index contributed by atoms with van der Waals surface area (Å²) in [7, 11) is 0. The molecule has 34 heavy (non-hydrogen) atoms. The van der Waals surface area contributed by atoms with Crippen LogP contribution in [0.5, 0.6) is 0 Å². The monoisotopic (exact) mass is 497 g/mol. The number of benzene rings is 2. The Balaban J connectivity index is 1.28. The van der Waals surface area contributed by atoms with Crippen molar-refractivity contribution in [3.05, 3.63) is 87.7 Å². The van der Waals surface area contributed by atoms with Crippen LogP contribution < -0.4 is 5.32 Å². The molecular weight excluding hydrogens is 473 g/mol. The fraction of sp³-hybridized carbons (Fsp3) is 0.320. The van der Waals surface area contributed by atoms with Crippen molar-refractivity contribution in [2.24, 2.45) is 0 Å². The maximum absolute atomic E-state index is 13.0. The summed E-state index contributed by atoms with van der Waals surface area (Å²) in [5, 5.41) is 8.44. The van der Waals surface area contributed by atoms with Crippen molar-refractivity contribution in [2.45, 2.75) is 24.9 Å². The molecule has 1 aliphatic carbocycles. The van der Waals surface area contributed by atoms with Gasteiger partial charge < -0.3 is 10.2 Å². The zero-order chi connectivity index (χ0) is 23.7. The molecule has 1 aromatic heterocycles. The number of piperazine rings is 1. The van der Waals surface area contributed by atoms with Gasteiger partial charge in [0.05, 0.1) is 17.8 Å². The Morgan fingerprint density at radius 2 is 1.44 bits per heavy atom. The molecule has 7 nitrogen and oxygen atoms in total. The first-order chi connectivity index (χ1) is 16.5. The topological polar surface area (TPSA) is 70.5 Å². The molecule has 176 valence electrons. The van der Waals surface area contributed by atoms with Crippen LogP contribution in [0.1, 0.15) is 40.4 Å². The molecule has 3 aromatic rings. The molecule has 0 unspecified atom stereocenters. The van der Waals surface area contributed by atoms with Crippen LogP contribution in [-0.4, -0.2) is 63.7 Å². The summed E-state index contributed by atoms with van der Waals surface area (Å²) in [6.07, 6.45) is 4.98. The highest BCUT2D eigenvalue weighted by Crippen LogP contribution is 2.31. The summed E-state index contributed by atoms with van der Waals surface area (Å²) in [5.41, 5.74) is 2.67. The molecule has 0 radical (unpaired) electrons. The number of carbonyl (C=O) groups excluding carboxylic acids is 2. The van der Waals surface area contributed by atoms with Gasteiger partial charge in [-0.2, -0.15) is 9.78 Å². The molecule has 1 aliphatic heterocycles. The Kier molecular flexibility index (Phi) is 6.59. The number of rotatable bonds is 5. The SMILES string of the molecule is O=C(NC1CC1)c1cnn(C(=O)N2CCN(C(c3ccc(Cl)cc3)c3ccc(Cl)cc3)CC2)c1. The molecule has 9 heteroatoms. The van der Waals surface area contributed by atoms with Crippen molar-refractivity contribution >= 4 is 35.1 Å². The van der Waals surface area contributed by atoms with Gasteiger partial charge in [0, 0.05) is 48.5 Å². The van der Waals surface area contributed by atoms with E-state index in [1.165, 1.54) is 17.1 Å². The molecule has 0 bridgehead atoms. The van der Waals surface area contributed by atoms with Gasteiger partial charge in [-0.15, -0.1) is 0 Å². The first-order valence-electron chi connectivity index (χ1n) is 11.4. The Hall–Kier alpha value is -2.87. The van der Waals surface area contributed by atoms with E-state index in [2.05, 4.69) is 15.3 Å². The van der Waals surface area contributed by atoms with Gasteiger partial charge in [-0.3, -0.25) is 9.69 Å². The predicted octanol–water partition coefficient (Wildman–Crippen LogP) is 4.46. The maximum Gasteiger partial charge on any atom is 0.344 e. The standard InChI is InChI=1S/C25H25Cl2N5O2/c26-20-5-1-17(2-6-20)23(18-3-7-21(27)8-4-18)30-11-13-31(14-12-30)25(34)32-16-19(15-28-32)24(33)29-22-9-10-22/h1-8,15-16,22-23H,9-14H2,(H,29,33). The summed E-state index contributed by atoms with van der Waals surface area (Å²) >= 11 is 12.2. The second-order valence-electron chi connectivity index (χ2n) is 8.73. The predicted molar refractivity (Wildman–Crippen MR) is 131 cm³/mol. The first kappa shape index (κ1) is 22.9.